The van der Waals surface area contributed by atoms with E-state index in [1.165, 1.54) is 0 Å². The number of nitriles is 1. The first-order chi connectivity index (χ1) is 8.17. The minimum Gasteiger partial charge on any atom is -0.353 e. The molecule has 1 aromatic carbocycles. The van der Waals surface area contributed by atoms with E-state index in [0.29, 0.717) is 6.54 Å². The lowest BCUT2D eigenvalue weighted by Crippen LogP contribution is -2.24. The normalized spacial score (nSPS) is 11.3. The second kappa shape index (κ2) is 6.49. The van der Waals surface area contributed by atoms with Crippen LogP contribution in [0.15, 0.2) is 36.9 Å². The molecule has 0 spiro atoms. The van der Waals surface area contributed by atoms with E-state index in [1.54, 1.807) is 6.08 Å². The summed E-state index contributed by atoms with van der Waals surface area (Å²) in [4.78, 5) is 11.5. The standard InChI is InChI=1S/C14H16N2O/c1-3-7-16-14(17)9-13(10-15)12-6-4-5-11(2)8-12/h3-6,8,13H,1,7,9H2,2H3,(H,16,17). The number of amides is 1. The molecular formula is C14H16N2O. The molecule has 0 aliphatic rings. The molecule has 0 heterocycles. The van der Waals surface area contributed by atoms with Crippen LogP contribution in [-0.4, -0.2) is 12.5 Å². The summed E-state index contributed by atoms with van der Waals surface area (Å²) in [6.45, 7) is 5.93. The number of hydrogen-bond donors (Lipinski definition) is 1. The maximum Gasteiger partial charge on any atom is 0.221 e. The van der Waals surface area contributed by atoms with Crippen molar-refractivity contribution < 1.29 is 4.79 Å². The summed E-state index contributed by atoms with van der Waals surface area (Å²) >= 11 is 0. The second-order valence-corrected chi connectivity index (χ2v) is 3.89. The van der Waals surface area contributed by atoms with Gasteiger partial charge in [0.25, 0.3) is 0 Å². The van der Waals surface area contributed by atoms with Crippen molar-refractivity contribution in [1.29, 1.82) is 5.26 Å². The summed E-state index contributed by atoms with van der Waals surface area (Å²) in [6.07, 6.45) is 1.81. The van der Waals surface area contributed by atoms with Crippen molar-refractivity contribution >= 4 is 5.91 Å². The molecule has 0 bridgehead atoms. The first-order valence-corrected chi connectivity index (χ1v) is 5.51. The highest BCUT2D eigenvalue weighted by Gasteiger charge is 2.14. The molecule has 1 amide bonds. The van der Waals surface area contributed by atoms with Gasteiger partial charge < -0.3 is 5.32 Å². The zero-order chi connectivity index (χ0) is 12.7. The number of carbonyl (C=O) groups excluding carboxylic acids is 1. The third-order valence-electron chi connectivity index (χ3n) is 2.43. The van der Waals surface area contributed by atoms with E-state index in [0.717, 1.165) is 11.1 Å². The van der Waals surface area contributed by atoms with E-state index in [9.17, 15) is 4.79 Å². The van der Waals surface area contributed by atoms with E-state index in [-0.39, 0.29) is 18.2 Å². The third-order valence-corrected chi connectivity index (χ3v) is 2.43. The van der Waals surface area contributed by atoms with E-state index in [2.05, 4.69) is 18.0 Å². The molecule has 0 radical (unpaired) electrons. The maximum atomic E-state index is 11.5. The molecule has 88 valence electrons. The Morgan fingerprint density at radius 1 is 1.65 bits per heavy atom. The van der Waals surface area contributed by atoms with E-state index in [1.807, 2.05) is 31.2 Å². The Hall–Kier alpha value is -2.08. The number of carbonyl (C=O) groups is 1. The fourth-order valence-electron chi connectivity index (χ4n) is 1.57. The van der Waals surface area contributed by atoms with Crippen LogP contribution in [0.2, 0.25) is 0 Å². The summed E-state index contributed by atoms with van der Waals surface area (Å²) in [7, 11) is 0. The smallest absolute Gasteiger partial charge is 0.221 e. The van der Waals surface area contributed by atoms with Crippen LogP contribution in [0.5, 0.6) is 0 Å². The van der Waals surface area contributed by atoms with Crippen LogP contribution < -0.4 is 5.32 Å². The fraction of sp³-hybridized carbons (Fsp3) is 0.286. The van der Waals surface area contributed by atoms with Crippen LogP contribution in [0.25, 0.3) is 0 Å². The highest BCUT2D eigenvalue weighted by atomic mass is 16.1. The van der Waals surface area contributed by atoms with Gasteiger partial charge in [0, 0.05) is 13.0 Å². The summed E-state index contributed by atoms with van der Waals surface area (Å²) in [5.74, 6) is -0.516. The molecule has 0 aliphatic heterocycles. The second-order valence-electron chi connectivity index (χ2n) is 3.89. The lowest BCUT2D eigenvalue weighted by molar-refractivity contribution is -0.121. The number of rotatable bonds is 5. The molecular weight excluding hydrogens is 212 g/mol. The Bertz CT molecular complexity index is 446. The van der Waals surface area contributed by atoms with Gasteiger partial charge >= 0.3 is 0 Å². The van der Waals surface area contributed by atoms with Gasteiger partial charge in [-0.1, -0.05) is 35.9 Å². The molecule has 1 aromatic rings. The number of hydrogen-bond acceptors (Lipinski definition) is 2. The lowest BCUT2D eigenvalue weighted by Gasteiger charge is -2.09. The first kappa shape index (κ1) is 13.0. The highest BCUT2D eigenvalue weighted by Crippen LogP contribution is 2.19. The van der Waals surface area contributed by atoms with Crippen molar-refractivity contribution in [2.45, 2.75) is 19.3 Å². The molecule has 3 nitrogen and oxygen atoms in total. The Morgan fingerprint density at radius 2 is 2.41 bits per heavy atom. The van der Waals surface area contributed by atoms with Gasteiger partial charge in [0.15, 0.2) is 0 Å². The zero-order valence-corrected chi connectivity index (χ0v) is 9.94. The van der Waals surface area contributed by atoms with Crippen molar-refractivity contribution in [3.05, 3.63) is 48.0 Å². The average molecular weight is 228 g/mol. The van der Waals surface area contributed by atoms with Gasteiger partial charge in [0.2, 0.25) is 5.91 Å². The molecule has 3 heteroatoms. The lowest BCUT2D eigenvalue weighted by atomic mass is 9.95. The molecule has 0 saturated heterocycles. The average Bonchev–Trinajstić information content (AvgIpc) is 2.33. The Kier molecular flexibility index (Phi) is 4.96. The quantitative estimate of drug-likeness (QED) is 0.786. The Labute approximate surface area is 102 Å². The predicted octanol–water partition coefficient (Wildman–Crippen LogP) is 2.29. The molecule has 17 heavy (non-hydrogen) atoms. The van der Waals surface area contributed by atoms with Crippen molar-refractivity contribution in [3.8, 4) is 6.07 Å². The van der Waals surface area contributed by atoms with Crippen molar-refractivity contribution in [3.63, 3.8) is 0 Å². The third kappa shape index (κ3) is 4.12. The summed E-state index contributed by atoms with van der Waals surface area (Å²) in [6, 6.07) is 9.85. The summed E-state index contributed by atoms with van der Waals surface area (Å²) in [5.41, 5.74) is 1.98. The van der Waals surface area contributed by atoms with Gasteiger partial charge in [0.05, 0.1) is 12.0 Å². The molecule has 0 aromatic heterocycles. The Balaban J connectivity index is 2.70. The van der Waals surface area contributed by atoms with Crippen LogP contribution in [0.4, 0.5) is 0 Å². The van der Waals surface area contributed by atoms with E-state index in [4.69, 9.17) is 5.26 Å². The Morgan fingerprint density at radius 3 is 3.00 bits per heavy atom. The fourth-order valence-corrected chi connectivity index (χ4v) is 1.57. The number of nitrogens with one attached hydrogen (secondary N) is 1. The van der Waals surface area contributed by atoms with Crippen LogP contribution in [0.1, 0.15) is 23.5 Å². The monoisotopic (exact) mass is 228 g/mol. The molecule has 0 aliphatic carbocycles. The number of nitrogens with zero attached hydrogens (tertiary/aromatic N) is 1. The van der Waals surface area contributed by atoms with Gasteiger partial charge in [-0.2, -0.15) is 5.26 Å². The van der Waals surface area contributed by atoms with Crippen LogP contribution in [0, 0.1) is 18.3 Å². The van der Waals surface area contributed by atoms with Gasteiger partial charge in [-0.25, -0.2) is 0 Å². The van der Waals surface area contributed by atoms with Crippen LogP contribution in [-0.2, 0) is 4.79 Å². The van der Waals surface area contributed by atoms with Crippen LogP contribution in [0.3, 0.4) is 0 Å². The van der Waals surface area contributed by atoms with E-state index >= 15 is 0 Å². The minimum absolute atomic E-state index is 0.127. The molecule has 1 unspecified atom stereocenters. The predicted molar refractivity (Wildman–Crippen MR) is 67.4 cm³/mol. The maximum absolute atomic E-state index is 11.5. The van der Waals surface area contributed by atoms with Gasteiger partial charge in [-0.15, -0.1) is 6.58 Å². The zero-order valence-electron chi connectivity index (χ0n) is 9.94. The number of benzene rings is 1. The van der Waals surface area contributed by atoms with Crippen molar-refractivity contribution in [2.75, 3.05) is 6.54 Å². The number of aryl methyl sites for hydroxylation is 1. The van der Waals surface area contributed by atoms with Gasteiger partial charge in [0.1, 0.15) is 0 Å². The molecule has 1 N–H and O–H groups in total. The molecule has 1 atom stereocenters. The van der Waals surface area contributed by atoms with Crippen molar-refractivity contribution in [1.82, 2.24) is 5.32 Å². The van der Waals surface area contributed by atoms with Crippen molar-refractivity contribution in [2.24, 2.45) is 0 Å². The van der Waals surface area contributed by atoms with Gasteiger partial charge in [-0.05, 0) is 12.5 Å². The minimum atomic E-state index is -0.389. The molecule has 0 saturated carbocycles. The topological polar surface area (TPSA) is 52.9 Å². The highest BCUT2D eigenvalue weighted by molar-refractivity contribution is 5.77. The van der Waals surface area contributed by atoms with Gasteiger partial charge in [-0.3, -0.25) is 4.79 Å². The molecule has 0 fully saturated rings. The summed E-state index contributed by atoms with van der Waals surface area (Å²) in [5, 5.41) is 11.8. The summed E-state index contributed by atoms with van der Waals surface area (Å²) < 4.78 is 0. The first-order valence-electron chi connectivity index (χ1n) is 5.51. The SMILES string of the molecule is C=CCNC(=O)CC(C#N)c1cccc(C)c1. The largest absolute Gasteiger partial charge is 0.353 e. The van der Waals surface area contributed by atoms with Crippen LogP contribution >= 0.6 is 0 Å². The molecule has 1 rings (SSSR count). The van der Waals surface area contributed by atoms with E-state index < -0.39 is 0 Å².